The summed E-state index contributed by atoms with van der Waals surface area (Å²) in [6, 6.07) is 19.1. The molecule has 1 heterocycles. The fourth-order valence-corrected chi connectivity index (χ4v) is 5.01. The van der Waals surface area contributed by atoms with Crippen molar-refractivity contribution in [2.45, 2.75) is 51.2 Å². The van der Waals surface area contributed by atoms with Gasteiger partial charge in [-0.25, -0.2) is 9.07 Å². The Morgan fingerprint density at radius 3 is 2.63 bits per heavy atom. The zero-order valence-electron chi connectivity index (χ0n) is 21.2. The van der Waals surface area contributed by atoms with Crippen molar-refractivity contribution in [2.75, 3.05) is 11.5 Å². The Bertz CT molecular complexity index is 1430. The topological polar surface area (TPSA) is 89.3 Å². The number of carbonyl (C=O) groups is 2. The third-order valence-corrected chi connectivity index (χ3v) is 6.79. The van der Waals surface area contributed by atoms with Crippen molar-refractivity contribution >= 4 is 28.5 Å². The van der Waals surface area contributed by atoms with E-state index in [2.05, 4.69) is 15.6 Å². The molecular formula is C29H30FN5O3. The van der Waals surface area contributed by atoms with Gasteiger partial charge in [-0.3, -0.25) is 14.5 Å². The molecule has 1 saturated carbocycles. The molecule has 1 N–H and O–H groups in total. The third-order valence-electron chi connectivity index (χ3n) is 6.79. The largest absolute Gasteiger partial charge is 0.494 e. The van der Waals surface area contributed by atoms with Crippen LogP contribution >= 0.6 is 0 Å². The standard InChI is InChI=1S/C29H30FN5O3/c1-2-38-22-13-9-12-21(18-22)35(27(36)19-34-26-17-8-7-16-25(26)32-33-34)28(23-14-5-6-15-24(23)30)29(37)31-20-10-3-4-11-20/h5-9,12-18,20,28H,2-4,10-11,19H2,1H3,(H,31,37). The number of para-hydroxylation sites is 1. The van der Waals surface area contributed by atoms with Crippen LogP contribution in [0.5, 0.6) is 5.75 Å². The Morgan fingerprint density at radius 1 is 1.08 bits per heavy atom. The van der Waals surface area contributed by atoms with E-state index in [1.54, 1.807) is 42.5 Å². The second-order valence-corrected chi connectivity index (χ2v) is 9.34. The molecule has 2 amide bonds. The molecule has 1 aliphatic rings. The Balaban J connectivity index is 1.60. The average Bonchev–Trinajstić information content (AvgIpc) is 3.58. The van der Waals surface area contributed by atoms with Gasteiger partial charge in [-0.15, -0.1) is 5.10 Å². The van der Waals surface area contributed by atoms with E-state index in [1.165, 1.54) is 15.6 Å². The number of ether oxygens (including phenoxy) is 1. The first-order valence-corrected chi connectivity index (χ1v) is 12.9. The molecule has 38 heavy (non-hydrogen) atoms. The lowest BCUT2D eigenvalue weighted by molar-refractivity contribution is -0.127. The number of hydrogen-bond acceptors (Lipinski definition) is 5. The molecule has 0 spiro atoms. The number of halogens is 1. The predicted octanol–water partition coefficient (Wildman–Crippen LogP) is 4.80. The molecule has 8 nitrogen and oxygen atoms in total. The number of rotatable bonds is 9. The van der Waals surface area contributed by atoms with Gasteiger partial charge in [0, 0.05) is 23.4 Å². The van der Waals surface area contributed by atoms with E-state index in [1.807, 2.05) is 31.2 Å². The van der Waals surface area contributed by atoms with E-state index in [-0.39, 0.29) is 18.2 Å². The zero-order chi connectivity index (χ0) is 26.5. The van der Waals surface area contributed by atoms with Crippen molar-refractivity contribution in [2.24, 2.45) is 0 Å². The quantitative estimate of drug-likeness (QED) is 0.346. The van der Waals surface area contributed by atoms with Gasteiger partial charge >= 0.3 is 0 Å². The summed E-state index contributed by atoms with van der Waals surface area (Å²) in [5.74, 6) is -0.897. The molecule has 0 bridgehead atoms. The number of carbonyl (C=O) groups excluding carboxylic acids is 2. The smallest absolute Gasteiger partial charge is 0.249 e. The average molecular weight is 516 g/mol. The predicted molar refractivity (Wildman–Crippen MR) is 142 cm³/mol. The molecule has 196 valence electrons. The van der Waals surface area contributed by atoms with Crippen LogP contribution in [0.3, 0.4) is 0 Å². The first-order chi connectivity index (χ1) is 18.5. The van der Waals surface area contributed by atoms with Gasteiger partial charge in [-0.2, -0.15) is 0 Å². The molecule has 0 aliphatic heterocycles. The lowest BCUT2D eigenvalue weighted by atomic mass is 10.0. The maximum absolute atomic E-state index is 15.3. The summed E-state index contributed by atoms with van der Waals surface area (Å²) in [7, 11) is 0. The summed E-state index contributed by atoms with van der Waals surface area (Å²) in [4.78, 5) is 29.3. The van der Waals surface area contributed by atoms with E-state index in [0.29, 0.717) is 29.1 Å². The summed E-state index contributed by atoms with van der Waals surface area (Å²) < 4.78 is 22.4. The number of benzene rings is 3. The fourth-order valence-electron chi connectivity index (χ4n) is 5.01. The van der Waals surface area contributed by atoms with Gasteiger partial charge in [0.05, 0.1) is 12.1 Å². The van der Waals surface area contributed by atoms with Crippen LogP contribution in [0.1, 0.15) is 44.2 Å². The summed E-state index contributed by atoms with van der Waals surface area (Å²) in [6.45, 7) is 2.10. The molecule has 1 aromatic heterocycles. The Hall–Kier alpha value is -4.27. The molecular weight excluding hydrogens is 485 g/mol. The van der Waals surface area contributed by atoms with Gasteiger partial charge in [0.1, 0.15) is 29.7 Å². The van der Waals surface area contributed by atoms with Crippen molar-refractivity contribution in [3.05, 3.63) is 84.2 Å². The highest BCUT2D eigenvalue weighted by Crippen LogP contribution is 2.33. The lowest BCUT2D eigenvalue weighted by Gasteiger charge is -2.32. The number of aromatic nitrogens is 3. The van der Waals surface area contributed by atoms with E-state index < -0.39 is 23.7 Å². The second-order valence-electron chi connectivity index (χ2n) is 9.34. The van der Waals surface area contributed by atoms with Gasteiger partial charge in [-0.1, -0.05) is 54.5 Å². The molecule has 1 aliphatic carbocycles. The number of hydrogen-bond donors (Lipinski definition) is 1. The highest BCUT2D eigenvalue weighted by Gasteiger charge is 2.36. The maximum Gasteiger partial charge on any atom is 0.249 e. The Kier molecular flexibility index (Phi) is 7.62. The third kappa shape index (κ3) is 5.37. The second kappa shape index (κ2) is 11.4. The molecule has 4 aromatic rings. The van der Waals surface area contributed by atoms with Gasteiger partial charge in [0.15, 0.2) is 0 Å². The van der Waals surface area contributed by atoms with Gasteiger partial charge in [-0.05, 0) is 50.1 Å². The van der Waals surface area contributed by atoms with Crippen LogP contribution in [-0.2, 0) is 16.1 Å². The maximum atomic E-state index is 15.3. The zero-order valence-corrected chi connectivity index (χ0v) is 21.2. The fraction of sp³-hybridized carbons (Fsp3) is 0.310. The first kappa shape index (κ1) is 25.4. The number of anilines is 1. The van der Waals surface area contributed by atoms with Crippen LogP contribution in [0.2, 0.25) is 0 Å². The van der Waals surface area contributed by atoms with E-state index in [4.69, 9.17) is 4.74 Å². The van der Waals surface area contributed by atoms with Crippen molar-refractivity contribution in [1.29, 1.82) is 0 Å². The Morgan fingerprint density at radius 2 is 1.84 bits per heavy atom. The van der Waals surface area contributed by atoms with Crippen molar-refractivity contribution in [3.8, 4) is 5.75 Å². The van der Waals surface area contributed by atoms with Gasteiger partial charge in [0.25, 0.3) is 0 Å². The molecule has 5 rings (SSSR count). The number of nitrogens with one attached hydrogen (secondary N) is 1. The molecule has 1 unspecified atom stereocenters. The highest BCUT2D eigenvalue weighted by atomic mass is 19.1. The minimum atomic E-state index is -1.24. The van der Waals surface area contributed by atoms with Crippen molar-refractivity contribution in [1.82, 2.24) is 20.3 Å². The van der Waals surface area contributed by atoms with Crippen LogP contribution in [-0.4, -0.2) is 39.5 Å². The molecule has 1 fully saturated rings. The molecule has 3 aromatic carbocycles. The lowest BCUT2D eigenvalue weighted by Crippen LogP contribution is -2.47. The van der Waals surface area contributed by atoms with E-state index >= 15 is 4.39 Å². The molecule has 0 saturated heterocycles. The van der Waals surface area contributed by atoms with Crippen LogP contribution < -0.4 is 15.0 Å². The van der Waals surface area contributed by atoms with Crippen LogP contribution in [0.25, 0.3) is 11.0 Å². The molecule has 0 radical (unpaired) electrons. The van der Waals surface area contributed by atoms with Gasteiger partial charge < -0.3 is 10.1 Å². The van der Waals surface area contributed by atoms with E-state index in [0.717, 1.165) is 25.7 Å². The Labute approximate surface area is 220 Å². The number of fused-ring (bicyclic) bond motifs is 1. The van der Waals surface area contributed by atoms with Crippen molar-refractivity contribution in [3.63, 3.8) is 0 Å². The number of nitrogens with zero attached hydrogens (tertiary/aromatic N) is 4. The SMILES string of the molecule is CCOc1cccc(N(C(=O)Cn2nnc3ccccc32)C(C(=O)NC2CCCC2)c2ccccc2F)c1. The van der Waals surface area contributed by atoms with Crippen LogP contribution in [0.15, 0.2) is 72.8 Å². The minimum absolute atomic E-state index is 0.0113. The highest BCUT2D eigenvalue weighted by molar-refractivity contribution is 6.01. The summed E-state index contributed by atoms with van der Waals surface area (Å²) in [6.07, 6.45) is 3.75. The molecule has 9 heteroatoms. The summed E-state index contributed by atoms with van der Waals surface area (Å²) in [5, 5.41) is 11.4. The number of amides is 2. The monoisotopic (exact) mass is 515 g/mol. The van der Waals surface area contributed by atoms with Crippen LogP contribution in [0.4, 0.5) is 10.1 Å². The molecule has 1 atom stereocenters. The van der Waals surface area contributed by atoms with Gasteiger partial charge in [0.2, 0.25) is 11.8 Å². The normalized spacial score (nSPS) is 14.4. The first-order valence-electron chi connectivity index (χ1n) is 12.9. The summed E-state index contributed by atoms with van der Waals surface area (Å²) in [5.41, 5.74) is 1.86. The minimum Gasteiger partial charge on any atom is -0.494 e. The van der Waals surface area contributed by atoms with Crippen molar-refractivity contribution < 1.29 is 18.7 Å². The summed E-state index contributed by atoms with van der Waals surface area (Å²) >= 11 is 0. The van der Waals surface area contributed by atoms with Crippen LogP contribution in [0, 0.1) is 5.82 Å². The van der Waals surface area contributed by atoms with E-state index in [9.17, 15) is 9.59 Å².